The van der Waals surface area contributed by atoms with Gasteiger partial charge >= 0.3 is 5.97 Å². The van der Waals surface area contributed by atoms with Crippen LogP contribution in [0.4, 0.5) is 0 Å². The summed E-state index contributed by atoms with van der Waals surface area (Å²) in [7, 11) is 0. The van der Waals surface area contributed by atoms with E-state index in [2.05, 4.69) is 55.6 Å². The van der Waals surface area contributed by atoms with Gasteiger partial charge in [-0.25, -0.2) is 0 Å². The van der Waals surface area contributed by atoms with E-state index in [-0.39, 0.29) is 18.5 Å². The number of carbonyl (C=O) groups is 2. The predicted molar refractivity (Wildman–Crippen MR) is 370 cm³/mol. The summed E-state index contributed by atoms with van der Waals surface area (Å²) in [5, 5.41) is 23.2. The Morgan fingerprint density at radius 2 is 0.595 bits per heavy atom. The lowest BCUT2D eigenvalue weighted by atomic mass is 10.0. The van der Waals surface area contributed by atoms with Crippen molar-refractivity contribution in [2.24, 2.45) is 0 Å². The van der Waals surface area contributed by atoms with Gasteiger partial charge in [-0.15, -0.1) is 0 Å². The van der Waals surface area contributed by atoms with E-state index in [9.17, 15) is 19.8 Å². The number of carbonyl (C=O) groups excluding carboxylic acids is 2. The van der Waals surface area contributed by atoms with Crippen LogP contribution in [0.1, 0.15) is 412 Å². The molecule has 6 nitrogen and oxygen atoms in total. The Morgan fingerprint density at radius 3 is 0.940 bits per heavy atom. The zero-order valence-electron chi connectivity index (χ0n) is 56.6. The number of ether oxygens (including phenoxy) is 1. The van der Waals surface area contributed by atoms with Gasteiger partial charge in [-0.1, -0.05) is 358 Å². The van der Waals surface area contributed by atoms with Crippen LogP contribution in [0, 0.1) is 0 Å². The molecule has 0 radical (unpaired) electrons. The first-order valence-electron chi connectivity index (χ1n) is 37.9. The molecule has 494 valence electrons. The number of amides is 1. The first kappa shape index (κ1) is 81.8. The fourth-order valence-corrected chi connectivity index (χ4v) is 11.8. The van der Waals surface area contributed by atoms with E-state index in [1.165, 1.54) is 334 Å². The van der Waals surface area contributed by atoms with Crippen LogP contribution >= 0.6 is 0 Å². The van der Waals surface area contributed by atoms with E-state index < -0.39 is 12.1 Å². The molecule has 0 aromatic rings. The van der Waals surface area contributed by atoms with Gasteiger partial charge in [0.25, 0.3) is 0 Å². The highest BCUT2D eigenvalue weighted by atomic mass is 16.5. The summed E-state index contributed by atoms with van der Waals surface area (Å²) in [6, 6.07) is -0.626. The Hall–Kier alpha value is -2.18. The lowest BCUT2D eigenvalue weighted by Crippen LogP contribution is -2.45. The highest BCUT2D eigenvalue weighted by molar-refractivity contribution is 5.76. The van der Waals surface area contributed by atoms with Crippen molar-refractivity contribution in [3.8, 4) is 0 Å². The molecule has 6 heteroatoms. The quantitative estimate of drug-likeness (QED) is 0.0320. The van der Waals surface area contributed by atoms with Crippen LogP contribution in [0.15, 0.2) is 48.6 Å². The molecule has 0 heterocycles. The number of aliphatic hydroxyl groups excluding tert-OH is 2. The van der Waals surface area contributed by atoms with Gasteiger partial charge in [0.15, 0.2) is 0 Å². The average Bonchev–Trinajstić information content (AvgIpc) is 3.53. The molecule has 0 saturated heterocycles. The Bertz CT molecular complexity index is 1400. The van der Waals surface area contributed by atoms with Gasteiger partial charge in [-0.2, -0.15) is 0 Å². The minimum absolute atomic E-state index is 0.0150. The minimum Gasteiger partial charge on any atom is -0.466 e. The molecule has 3 N–H and O–H groups in total. The fraction of sp³-hybridized carbons (Fsp3) is 0.872. The zero-order valence-corrected chi connectivity index (χ0v) is 56.6. The lowest BCUT2D eigenvalue weighted by Gasteiger charge is -2.20. The number of esters is 1. The summed E-state index contributed by atoms with van der Waals surface area (Å²) < 4.78 is 5.51. The summed E-state index contributed by atoms with van der Waals surface area (Å²) in [4.78, 5) is 24.6. The standard InChI is InChI=1S/C78H147NO5/c1-3-5-7-9-11-13-15-17-19-20-36-40-44-48-52-56-60-64-68-72-78(83)84-73-69-65-61-57-53-49-45-41-38-35-33-31-29-27-25-23-21-22-24-26-28-30-32-34-37-39-43-47-51-55-59-63-67-71-77(82)79-75(74-80)76(81)70-66-62-58-54-50-46-42-18-16-14-12-10-8-6-4-2/h11,13,17,19,25,27,66,70,75-76,80-81H,3-10,12,14-16,18,20-24,26,28-65,67-69,71-74H2,1-2H3,(H,79,82)/b13-11-,19-17-,27-25-,70-66+. The summed E-state index contributed by atoms with van der Waals surface area (Å²) in [5.74, 6) is -0.0477. The third-order valence-corrected chi connectivity index (χ3v) is 17.6. The van der Waals surface area contributed by atoms with Crippen molar-refractivity contribution in [3.05, 3.63) is 48.6 Å². The highest BCUT2D eigenvalue weighted by Gasteiger charge is 2.18. The molecular weight excluding hydrogens is 1030 g/mol. The summed E-state index contributed by atoms with van der Waals surface area (Å²) >= 11 is 0. The Labute approximate surface area is 525 Å². The molecule has 0 fully saturated rings. The van der Waals surface area contributed by atoms with Crippen molar-refractivity contribution in [1.82, 2.24) is 5.32 Å². The van der Waals surface area contributed by atoms with E-state index >= 15 is 0 Å². The first-order valence-corrected chi connectivity index (χ1v) is 37.9. The van der Waals surface area contributed by atoms with Crippen LogP contribution in [-0.2, 0) is 14.3 Å². The molecular formula is C78H147NO5. The maximum Gasteiger partial charge on any atom is 0.305 e. The molecule has 0 aromatic carbocycles. The van der Waals surface area contributed by atoms with Crippen LogP contribution < -0.4 is 5.32 Å². The number of aliphatic hydroxyl groups is 2. The first-order chi connectivity index (χ1) is 41.5. The SMILES string of the molecule is CCCCC/C=C\C/C=C\CCCCCCCCCCCC(=O)OCCCCCCCCCCCCCC/C=C\CCCCCCCCCCCCCCCCCCCC(=O)NC(CO)C(O)/C=C/CCCCCCCCCCCCCCC. The smallest absolute Gasteiger partial charge is 0.305 e. The van der Waals surface area contributed by atoms with Gasteiger partial charge in [0.1, 0.15) is 0 Å². The van der Waals surface area contributed by atoms with Crippen LogP contribution in [-0.4, -0.2) is 47.4 Å². The summed E-state index contributed by atoms with van der Waals surface area (Å²) in [6.07, 6.45) is 96.5. The van der Waals surface area contributed by atoms with Crippen molar-refractivity contribution in [2.75, 3.05) is 13.2 Å². The lowest BCUT2D eigenvalue weighted by molar-refractivity contribution is -0.143. The number of allylic oxidation sites excluding steroid dienone is 7. The highest BCUT2D eigenvalue weighted by Crippen LogP contribution is 2.19. The predicted octanol–water partition coefficient (Wildman–Crippen LogP) is 24.8. The van der Waals surface area contributed by atoms with Crippen LogP contribution in [0.2, 0.25) is 0 Å². The number of rotatable bonds is 71. The molecule has 0 aliphatic heterocycles. The van der Waals surface area contributed by atoms with Crippen molar-refractivity contribution in [1.29, 1.82) is 0 Å². The maximum atomic E-state index is 12.5. The molecule has 0 aliphatic rings. The van der Waals surface area contributed by atoms with Gasteiger partial charge in [0.05, 0.1) is 25.4 Å². The van der Waals surface area contributed by atoms with E-state index in [0.29, 0.717) is 19.4 Å². The molecule has 2 atom stereocenters. The average molecular weight is 1180 g/mol. The van der Waals surface area contributed by atoms with Crippen LogP contribution in [0.25, 0.3) is 0 Å². The third kappa shape index (κ3) is 68.9. The van der Waals surface area contributed by atoms with Crippen molar-refractivity contribution >= 4 is 11.9 Å². The zero-order chi connectivity index (χ0) is 60.6. The Kier molecular flexibility index (Phi) is 71.4. The Morgan fingerprint density at radius 1 is 0.333 bits per heavy atom. The van der Waals surface area contributed by atoms with Crippen LogP contribution in [0.3, 0.4) is 0 Å². The number of nitrogens with one attached hydrogen (secondary N) is 1. The molecule has 2 unspecified atom stereocenters. The van der Waals surface area contributed by atoms with Gasteiger partial charge in [-0.3, -0.25) is 9.59 Å². The second-order valence-electron chi connectivity index (χ2n) is 26.0. The van der Waals surface area contributed by atoms with Crippen molar-refractivity contribution < 1.29 is 24.5 Å². The molecule has 0 aromatic heterocycles. The summed E-state index contributed by atoms with van der Waals surface area (Å²) in [5.41, 5.74) is 0. The molecule has 0 saturated carbocycles. The van der Waals surface area contributed by atoms with E-state index in [0.717, 1.165) is 51.4 Å². The molecule has 1 amide bonds. The minimum atomic E-state index is -0.842. The molecule has 0 aliphatic carbocycles. The van der Waals surface area contributed by atoms with Crippen molar-refractivity contribution in [3.63, 3.8) is 0 Å². The van der Waals surface area contributed by atoms with Crippen molar-refractivity contribution in [2.45, 2.75) is 424 Å². The largest absolute Gasteiger partial charge is 0.466 e. The molecule has 0 bridgehead atoms. The number of hydrogen-bond acceptors (Lipinski definition) is 5. The molecule has 0 spiro atoms. The third-order valence-electron chi connectivity index (χ3n) is 17.6. The van der Waals surface area contributed by atoms with Gasteiger partial charge in [0, 0.05) is 12.8 Å². The molecule has 84 heavy (non-hydrogen) atoms. The summed E-state index contributed by atoms with van der Waals surface area (Å²) in [6.45, 7) is 4.91. The normalized spacial score (nSPS) is 12.8. The topological polar surface area (TPSA) is 95.9 Å². The van der Waals surface area contributed by atoms with Crippen LogP contribution in [0.5, 0.6) is 0 Å². The number of hydrogen-bond donors (Lipinski definition) is 3. The Balaban J connectivity index is 3.35. The van der Waals surface area contributed by atoms with E-state index in [4.69, 9.17) is 4.74 Å². The van der Waals surface area contributed by atoms with E-state index in [1.807, 2.05) is 6.08 Å². The molecule has 0 rings (SSSR count). The monoisotopic (exact) mass is 1180 g/mol. The van der Waals surface area contributed by atoms with Gasteiger partial charge in [0.2, 0.25) is 5.91 Å². The fourth-order valence-electron chi connectivity index (χ4n) is 11.8. The van der Waals surface area contributed by atoms with Gasteiger partial charge in [-0.05, 0) is 89.9 Å². The number of unbranched alkanes of at least 4 members (excludes halogenated alkanes) is 54. The second-order valence-corrected chi connectivity index (χ2v) is 26.0. The second kappa shape index (κ2) is 73.3. The maximum absolute atomic E-state index is 12.5. The van der Waals surface area contributed by atoms with Gasteiger partial charge < -0.3 is 20.3 Å². The van der Waals surface area contributed by atoms with E-state index in [1.54, 1.807) is 6.08 Å².